The smallest absolute Gasteiger partial charge is 0.255 e. The van der Waals surface area contributed by atoms with Crippen molar-refractivity contribution in [1.82, 2.24) is 4.90 Å². The first kappa shape index (κ1) is 16.0. The van der Waals surface area contributed by atoms with Gasteiger partial charge in [-0.3, -0.25) is 9.69 Å². The van der Waals surface area contributed by atoms with Gasteiger partial charge in [-0.25, -0.2) is 0 Å². The molecule has 3 N–H and O–H groups in total. The summed E-state index contributed by atoms with van der Waals surface area (Å²) in [6, 6.07) is 15.3. The molecule has 1 saturated heterocycles. The van der Waals surface area contributed by atoms with Gasteiger partial charge in [-0.2, -0.15) is 0 Å². The molecular weight excluding hydrogens is 314 g/mol. The Morgan fingerprint density at radius 1 is 1.08 bits per heavy atom. The molecule has 2 fully saturated rings. The molecule has 0 spiro atoms. The second-order valence-corrected chi connectivity index (χ2v) is 6.82. The second kappa shape index (κ2) is 6.76. The fraction of sp³-hybridized carbons (Fsp3) is 0.350. The van der Waals surface area contributed by atoms with Crippen LogP contribution in [0, 0.1) is 0 Å². The van der Waals surface area contributed by atoms with Gasteiger partial charge in [0.2, 0.25) is 0 Å². The predicted octanol–water partition coefficient (Wildman–Crippen LogP) is 3.14. The molecular formula is C20H23N3O2. The van der Waals surface area contributed by atoms with Gasteiger partial charge in [-0.05, 0) is 55.7 Å². The summed E-state index contributed by atoms with van der Waals surface area (Å²) in [6.45, 7) is 2.15. The van der Waals surface area contributed by atoms with Gasteiger partial charge in [0.1, 0.15) is 11.9 Å². The minimum absolute atomic E-state index is 0.176. The van der Waals surface area contributed by atoms with E-state index < -0.39 is 0 Å². The minimum atomic E-state index is -0.176. The topological polar surface area (TPSA) is 67.6 Å². The van der Waals surface area contributed by atoms with Gasteiger partial charge in [0.05, 0.1) is 11.4 Å². The highest BCUT2D eigenvalue weighted by Crippen LogP contribution is 2.31. The van der Waals surface area contributed by atoms with Gasteiger partial charge < -0.3 is 15.8 Å². The van der Waals surface area contributed by atoms with E-state index in [4.69, 9.17) is 10.5 Å². The Morgan fingerprint density at radius 3 is 2.56 bits per heavy atom. The summed E-state index contributed by atoms with van der Waals surface area (Å²) in [5.41, 5.74) is 7.62. The SMILES string of the molecule is Nc1ccccc1NC(=O)c1ccc(O[C@H]2CCN(C3CC3)C2)cc1. The molecule has 1 amide bonds. The molecule has 130 valence electrons. The van der Waals surface area contributed by atoms with Crippen molar-refractivity contribution in [2.45, 2.75) is 31.4 Å². The summed E-state index contributed by atoms with van der Waals surface area (Å²) < 4.78 is 6.06. The first-order valence-corrected chi connectivity index (χ1v) is 8.85. The zero-order valence-electron chi connectivity index (χ0n) is 14.2. The molecule has 1 aliphatic heterocycles. The van der Waals surface area contributed by atoms with Crippen LogP contribution in [0.1, 0.15) is 29.6 Å². The number of rotatable bonds is 5. The molecule has 2 aromatic rings. The Bertz CT molecular complexity index is 756. The van der Waals surface area contributed by atoms with Crippen molar-refractivity contribution in [3.8, 4) is 5.75 Å². The molecule has 1 heterocycles. The lowest BCUT2D eigenvalue weighted by molar-refractivity contribution is 0.102. The quantitative estimate of drug-likeness (QED) is 0.823. The van der Waals surface area contributed by atoms with Crippen LogP contribution in [0.15, 0.2) is 48.5 Å². The Hall–Kier alpha value is -2.53. The Morgan fingerprint density at radius 2 is 1.84 bits per heavy atom. The van der Waals surface area contributed by atoms with Crippen molar-refractivity contribution in [3.05, 3.63) is 54.1 Å². The first-order chi connectivity index (χ1) is 12.2. The van der Waals surface area contributed by atoms with Crippen LogP contribution in [0.25, 0.3) is 0 Å². The third-order valence-electron chi connectivity index (χ3n) is 4.87. The first-order valence-electron chi connectivity index (χ1n) is 8.85. The van der Waals surface area contributed by atoms with Gasteiger partial charge in [-0.1, -0.05) is 12.1 Å². The molecule has 2 aliphatic rings. The predicted molar refractivity (Wildman–Crippen MR) is 98.9 cm³/mol. The molecule has 1 atom stereocenters. The van der Waals surface area contributed by atoms with Gasteiger partial charge in [0, 0.05) is 24.7 Å². The number of nitrogens with one attached hydrogen (secondary N) is 1. The summed E-state index contributed by atoms with van der Waals surface area (Å²) in [6.07, 6.45) is 4.00. The van der Waals surface area contributed by atoms with E-state index in [2.05, 4.69) is 10.2 Å². The Balaban J connectivity index is 1.35. The number of carbonyl (C=O) groups excluding carboxylic acids is 1. The largest absolute Gasteiger partial charge is 0.489 e. The van der Waals surface area contributed by atoms with Gasteiger partial charge in [-0.15, -0.1) is 0 Å². The van der Waals surface area contributed by atoms with Gasteiger partial charge >= 0.3 is 0 Å². The number of hydrogen-bond acceptors (Lipinski definition) is 4. The molecule has 0 bridgehead atoms. The number of nitrogen functional groups attached to an aromatic ring is 1. The van der Waals surface area contributed by atoms with Crippen molar-refractivity contribution in [1.29, 1.82) is 0 Å². The Labute approximate surface area is 147 Å². The number of anilines is 2. The fourth-order valence-electron chi connectivity index (χ4n) is 3.30. The average molecular weight is 337 g/mol. The van der Waals surface area contributed by atoms with Crippen LogP contribution in [-0.2, 0) is 0 Å². The summed E-state index contributed by atoms with van der Waals surface area (Å²) in [4.78, 5) is 14.9. The van der Waals surface area contributed by atoms with Crippen molar-refractivity contribution >= 4 is 17.3 Å². The van der Waals surface area contributed by atoms with Crippen molar-refractivity contribution in [2.75, 3.05) is 24.1 Å². The molecule has 2 aromatic carbocycles. The zero-order chi connectivity index (χ0) is 17.2. The average Bonchev–Trinajstić information content (AvgIpc) is 3.37. The maximum atomic E-state index is 12.3. The number of carbonyl (C=O) groups is 1. The lowest BCUT2D eigenvalue weighted by Crippen LogP contribution is -2.26. The monoisotopic (exact) mass is 337 g/mol. The van der Waals surface area contributed by atoms with E-state index in [0.29, 0.717) is 16.9 Å². The molecule has 0 unspecified atom stereocenters. The lowest BCUT2D eigenvalue weighted by Gasteiger charge is -2.16. The molecule has 5 nitrogen and oxygen atoms in total. The van der Waals surface area contributed by atoms with E-state index in [1.807, 2.05) is 24.3 Å². The van der Waals surface area contributed by atoms with Crippen LogP contribution in [0.5, 0.6) is 5.75 Å². The van der Waals surface area contributed by atoms with Gasteiger partial charge in [0.25, 0.3) is 5.91 Å². The number of para-hydroxylation sites is 2. The molecule has 5 heteroatoms. The molecule has 25 heavy (non-hydrogen) atoms. The van der Waals surface area contributed by atoms with E-state index in [1.165, 1.54) is 12.8 Å². The third-order valence-corrected chi connectivity index (χ3v) is 4.87. The minimum Gasteiger partial charge on any atom is -0.489 e. The zero-order valence-corrected chi connectivity index (χ0v) is 14.2. The van der Waals surface area contributed by atoms with Crippen LogP contribution >= 0.6 is 0 Å². The van der Waals surface area contributed by atoms with Crippen LogP contribution in [0.4, 0.5) is 11.4 Å². The van der Waals surface area contributed by atoms with Crippen LogP contribution in [0.3, 0.4) is 0 Å². The normalized spacial score (nSPS) is 20.4. The van der Waals surface area contributed by atoms with Crippen LogP contribution < -0.4 is 15.8 Å². The van der Waals surface area contributed by atoms with E-state index in [0.717, 1.165) is 31.3 Å². The highest BCUT2D eigenvalue weighted by atomic mass is 16.5. The third kappa shape index (κ3) is 3.77. The number of nitrogens with zero attached hydrogens (tertiary/aromatic N) is 1. The van der Waals surface area contributed by atoms with Crippen molar-refractivity contribution in [2.24, 2.45) is 0 Å². The number of likely N-dealkylation sites (tertiary alicyclic amines) is 1. The number of hydrogen-bond donors (Lipinski definition) is 2. The van der Waals surface area contributed by atoms with Crippen molar-refractivity contribution in [3.63, 3.8) is 0 Å². The molecule has 4 rings (SSSR count). The Kier molecular flexibility index (Phi) is 4.32. The molecule has 1 saturated carbocycles. The van der Waals surface area contributed by atoms with Crippen LogP contribution in [0.2, 0.25) is 0 Å². The summed E-state index contributed by atoms with van der Waals surface area (Å²) in [5.74, 6) is 0.642. The number of nitrogens with two attached hydrogens (primary N) is 1. The van der Waals surface area contributed by atoms with E-state index in [-0.39, 0.29) is 12.0 Å². The molecule has 0 radical (unpaired) electrons. The van der Waals surface area contributed by atoms with E-state index in [9.17, 15) is 4.79 Å². The lowest BCUT2D eigenvalue weighted by atomic mass is 10.2. The summed E-state index contributed by atoms with van der Waals surface area (Å²) in [7, 11) is 0. The number of ether oxygens (including phenoxy) is 1. The van der Waals surface area contributed by atoms with E-state index >= 15 is 0 Å². The maximum absolute atomic E-state index is 12.3. The van der Waals surface area contributed by atoms with Crippen LogP contribution in [-0.4, -0.2) is 36.0 Å². The standard InChI is InChI=1S/C20H23N3O2/c21-18-3-1-2-4-19(18)22-20(24)14-5-9-16(10-6-14)25-17-11-12-23(13-17)15-7-8-15/h1-6,9-10,15,17H,7-8,11-13,21H2,(H,22,24)/t17-/m0/s1. The van der Waals surface area contributed by atoms with E-state index in [1.54, 1.807) is 24.3 Å². The van der Waals surface area contributed by atoms with Gasteiger partial charge in [0.15, 0.2) is 0 Å². The molecule has 1 aliphatic carbocycles. The summed E-state index contributed by atoms with van der Waals surface area (Å²) >= 11 is 0. The maximum Gasteiger partial charge on any atom is 0.255 e. The number of amides is 1. The number of benzene rings is 2. The second-order valence-electron chi connectivity index (χ2n) is 6.82. The summed E-state index contributed by atoms with van der Waals surface area (Å²) in [5, 5.41) is 2.83. The van der Waals surface area contributed by atoms with Crippen molar-refractivity contribution < 1.29 is 9.53 Å². The highest BCUT2D eigenvalue weighted by Gasteiger charge is 2.35. The highest BCUT2D eigenvalue weighted by molar-refractivity contribution is 6.05. The fourth-order valence-corrected chi connectivity index (χ4v) is 3.30. The molecule has 0 aromatic heterocycles.